The van der Waals surface area contributed by atoms with Gasteiger partial charge < -0.3 is 0 Å². The fraction of sp³-hybridized carbons (Fsp3) is 0.0588. The maximum absolute atomic E-state index is 3.80. The summed E-state index contributed by atoms with van der Waals surface area (Å²) < 4.78 is 0. The van der Waals surface area contributed by atoms with Gasteiger partial charge in [-0.3, -0.25) is 0 Å². The number of allylic oxidation sites excluding steroid dienone is 3. The average Bonchev–Trinajstić information content (AvgIpc) is 2.38. The Morgan fingerprint density at radius 3 is 2.59 bits per heavy atom. The molecule has 0 aliphatic carbocycles. The molecule has 17 heavy (non-hydrogen) atoms. The summed E-state index contributed by atoms with van der Waals surface area (Å²) in [5.41, 5.74) is 0. The van der Waals surface area contributed by atoms with Crippen molar-refractivity contribution in [2.24, 2.45) is 0 Å². The predicted molar refractivity (Wildman–Crippen MR) is 77.1 cm³/mol. The van der Waals surface area contributed by atoms with Crippen LogP contribution in [0, 0.1) is 0 Å². The normalized spacial score (nSPS) is 13.7. The van der Waals surface area contributed by atoms with Crippen molar-refractivity contribution in [3.63, 3.8) is 0 Å². The Morgan fingerprint density at radius 2 is 1.82 bits per heavy atom. The Kier molecular flexibility index (Phi) is 3.56. The van der Waals surface area contributed by atoms with Crippen LogP contribution in [0.3, 0.4) is 0 Å². The van der Waals surface area contributed by atoms with E-state index in [4.69, 9.17) is 0 Å². The van der Waals surface area contributed by atoms with E-state index in [1.807, 2.05) is 19.1 Å². The van der Waals surface area contributed by atoms with Crippen LogP contribution in [0.1, 0.15) is 6.92 Å². The summed E-state index contributed by atoms with van der Waals surface area (Å²) in [5, 5.41) is 4.99. The van der Waals surface area contributed by atoms with E-state index >= 15 is 0 Å². The van der Waals surface area contributed by atoms with Crippen LogP contribution in [-0.2, 0) is 0 Å². The van der Waals surface area contributed by atoms with Crippen LogP contribution in [0.2, 0.25) is 0 Å². The lowest BCUT2D eigenvalue weighted by atomic mass is 10.1. The highest BCUT2D eigenvalue weighted by atomic mass is 14.0. The third-order valence-electron chi connectivity index (χ3n) is 2.76. The molecule has 0 unspecified atom stereocenters. The molecule has 2 rings (SSSR count). The number of hydrogen-bond donors (Lipinski definition) is 0. The van der Waals surface area contributed by atoms with Crippen molar-refractivity contribution >= 4 is 22.9 Å². The molecule has 0 heteroatoms. The van der Waals surface area contributed by atoms with Crippen molar-refractivity contribution in [3.05, 3.63) is 71.6 Å². The van der Waals surface area contributed by atoms with Gasteiger partial charge in [0, 0.05) is 0 Å². The van der Waals surface area contributed by atoms with Crippen LogP contribution >= 0.6 is 0 Å². The van der Waals surface area contributed by atoms with Gasteiger partial charge in [-0.15, -0.1) is 0 Å². The van der Waals surface area contributed by atoms with Crippen LogP contribution in [0.25, 0.3) is 22.9 Å². The molecule has 84 valence electrons. The second-order valence-electron chi connectivity index (χ2n) is 3.88. The Morgan fingerprint density at radius 1 is 1.00 bits per heavy atom. The van der Waals surface area contributed by atoms with Crippen LogP contribution in [0.5, 0.6) is 0 Å². The zero-order chi connectivity index (χ0) is 12.1. The zero-order valence-corrected chi connectivity index (χ0v) is 10.1. The summed E-state index contributed by atoms with van der Waals surface area (Å²) in [4.78, 5) is 0. The molecule has 0 aromatic heterocycles. The first-order valence-electron chi connectivity index (χ1n) is 5.80. The smallest absolute Gasteiger partial charge is 0.0105 e. The van der Waals surface area contributed by atoms with Crippen molar-refractivity contribution < 1.29 is 0 Å². The summed E-state index contributed by atoms with van der Waals surface area (Å²) in [6, 6.07) is 12.7. The lowest BCUT2D eigenvalue weighted by Gasteiger charge is -1.99. The highest BCUT2D eigenvalue weighted by Crippen LogP contribution is 2.06. The topological polar surface area (TPSA) is 0 Å². The number of benzene rings is 2. The molecule has 2 aromatic carbocycles. The van der Waals surface area contributed by atoms with E-state index in [1.54, 1.807) is 0 Å². The minimum absolute atomic E-state index is 1.22. The molecule has 0 bridgehead atoms. The van der Waals surface area contributed by atoms with Crippen molar-refractivity contribution in [3.8, 4) is 0 Å². The molecule has 0 aliphatic heterocycles. The second-order valence-corrected chi connectivity index (χ2v) is 3.88. The molecule has 0 saturated carbocycles. The van der Waals surface area contributed by atoms with Gasteiger partial charge in [0.05, 0.1) is 0 Å². The summed E-state index contributed by atoms with van der Waals surface area (Å²) in [6.45, 7) is 5.82. The van der Waals surface area contributed by atoms with Gasteiger partial charge in [0.1, 0.15) is 0 Å². The molecule has 0 spiro atoms. The molecular formula is C17H16. The number of fused-ring (bicyclic) bond motifs is 1. The van der Waals surface area contributed by atoms with Crippen molar-refractivity contribution in [1.82, 2.24) is 0 Å². The fourth-order valence-electron chi connectivity index (χ4n) is 1.96. The molecule has 2 aromatic rings. The van der Waals surface area contributed by atoms with E-state index in [9.17, 15) is 0 Å². The van der Waals surface area contributed by atoms with Crippen molar-refractivity contribution in [1.29, 1.82) is 0 Å². The van der Waals surface area contributed by atoms with E-state index in [-0.39, 0.29) is 0 Å². The van der Waals surface area contributed by atoms with Crippen LogP contribution in [0.15, 0.2) is 61.2 Å². The largest absolute Gasteiger partial charge is 0.0990 e. The van der Waals surface area contributed by atoms with Gasteiger partial charge in [0.15, 0.2) is 0 Å². The standard InChI is InChI=1S/C17H16/c1-3-5-9-14-12-13-15-10-6-7-11-17(15)16(14)8-4-2/h3-13H,2H2,1H3/b5-3+,14-9-,16-8+. The van der Waals surface area contributed by atoms with Crippen molar-refractivity contribution in [2.75, 3.05) is 0 Å². The van der Waals surface area contributed by atoms with Crippen LogP contribution in [-0.4, -0.2) is 0 Å². The molecule has 0 fully saturated rings. The van der Waals surface area contributed by atoms with Crippen molar-refractivity contribution in [2.45, 2.75) is 6.92 Å². The third-order valence-corrected chi connectivity index (χ3v) is 2.76. The summed E-state index contributed by atoms with van der Waals surface area (Å²) >= 11 is 0. The van der Waals surface area contributed by atoms with E-state index in [0.717, 1.165) is 0 Å². The van der Waals surface area contributed by atoms with Gasteiger partial charge in [-0.1, -0.05) is 73.4 Å². The molecule has 0 aliphatic rings. The monoisotopic (exact) mass is 220 g/mol. The minimum Gasteiger partial charge on any atom is -0.0990 e. The Hall–Kier alpha value is -2.08. The van der Waals surface area contributed by atoms with Gasteiger partial charge in [0.25, 0.3) is 0 Å². The first-order chi connectivity index (χ1) is 8.36. The highest BCUT2D eigenvalue weighted by molar-refractivity contribution is 5.84. The van der Waals surface area contributed by atoms with Gasteiger partial charge in [-0.25, -0.2) is 0 Å². The molecule has 0 heterocycles. The molecule has 0 saturated heterocycles. The molecule has 0 atom stereocenters. The lowest BCUT2D eigenvalue weighted by molar-refractivity contribution is 1.58. The van der Waals surface area contributed by atoms with Gasteiger partial charge in [0.2, 0.25) is 0 Å². The maximum Gasteiger partial charge on any atom is -0.0105 e. The number of rotatable bonds is 2. The molecule has 0 N–H and O–H groups in total. The van der Waals surface area contributed by atoms with E-state index in [1.165, 1.54) is 21.2 Å². The Bertz CT molecular complexity index is 673. The predicted octanol–water partition coefficient (Wildman–Crippen LogP) is 3.16. The first kappa shape index (κ1) is 11.4. The lowest BCUT2D eigenvalue weighted by Crippen LogP contribution is -2.24. The van der Waals surface area contributed by atoms with Gasteiger partial charge in [-0.05, 0) is 28.1 Å². The third kappa shape index (κ3) is 2.36. The zero-order valence-electron chi connectivity index (χ0n) is 10.1. The first-order valence-corrected chi connectivity index (χ1v) is 5.80. The summed E-state index contributed by atoms with van der Waals surface area (Å²) in [5.74, 6) is 0. The summed E-state index contributed by atoms with van der Waals surface area (Å²) in [7, 11) is 0. The average molecular weight is 220 g/mol. The SMILES string of the molecule is C=C\C=c1/c(=C\C=C\C)ccc2ccccc12. The Labute approximate surface area is 102 Å². The van der Waals surface area contributed by atoms with Crippen LogP contribution < -0.4 is 10.4 Å². The molecule has 0 nitrogen and oxygen atoms in total. The molecular weight excluding hydrogens is 204 g/mol. The fourth-order valence-corrected chi connectivity index (χ4v) is 1.96. The maximum atomic E-state index is 3.80. The van der Waals surface area contributed by atoms with E-state index in [2.05, 4.69) is 61.2 Å². The van der Waals surface area contributed by atoms with E-state index < -0.39 is 0 Å². The molecule has 0 radical (unpaired) electrons. The summed E-state index contributed by atoms with van der Waals surface area (Å²) in [6.07, 6.45) is 10.1. The quantitative estimate of drug-likeness (QED) is 0.729. The van der Waals surface area contributed by atoms with Crippen LogP contribution in [0.4, 0.5) is 0 Å². The second kappa shape index (κ2) is 5.31. The Balaban J connectivity index is 2.92. The van der Waals surface area contributed by atoms with E-state index in [0.29, 0.717) is 0 Å². The van der Waals surface area contributed by atoms with Gasteiger partial charge >= 0.3 is 0 Å². The van der Waals surface area contributed by atoms with Gasteiger partial charge in [-0.2, -0.15) is 0 Å². The molecule has 0 amide bonds. The highest BCUT2D eigenvalue weighted by Gasteiger charge is 1.94. The number of hydrogen-bond acceptors (Lipinski definition) is 0. The minimum atomic E-state index is 1.22.